The summed E-state index contributed by atoms with van der Waals surface area (Å²) >= 11 is 0. The number of aliphatic imine (C=N–C) groups is 1. The highest BCUT2D eigenvalue weighted by Crippen LogP contribution is 2.08. The highest BCUT2D eigenvalue weighted by Gasteiger charge is 2.07. The van der Waals surface area contributed by atoms with Gasteiger partial charge < -0.3 is 10.6 Å². The van der Waals surface area contributed by atoms with Crippen LogP contribution in [0.3, 0.4) is 0 Å². The third-order valence-corrected chi connectivity index (χ3v) is 3.89. The molecule has 1 heterocycles. The summed E-state index contributed by atoms with van der Waals surface area (Å²) in [6.45, 7) is 1.13. The lowest BCUT2D eigenvalue weighted by Crippen LogP contribution is -2.38. The van der Waals surface area contributed by atoms with Crippen LogP contribution < -0.4 is 10.6 Å². The van der Waals surface area contributed by atoms with E-state index in [-0.39, 0.29) is 29.8 Å². The molecule has 0 atom stereocenters. The van der Waals surface area contributed by atoms with Crippen LogP contribution >= 0.6 is 24.0 Å². The molecule has 0 aliphatic heterocycles. The minimum Gasteiger partial charge on any atom is -0.356 e. The lowest BCUT2D eigenvalue weighted by Gasteiger charge is -2.12. The molecule has 3 rings (SSSR count). The maximum Gasteiger partial charge on any atom is 0.191 e. The van der Waals surface area contributed by atoms with E-state index in [2.05, 4.69) is 25.8 Å². The Hall–Kier alpha value is -2.49. The van der Waals surface area contributed by atoms with Crippen LogP contribution in [0.4, 0.5) is 4.39 Å². The van der Waals surface area contributed by atoms with Crippen molar-refractivity contribution in [1.82, 2.24) is 25.4 Å². The minimum absolute atomic E-state index is 0. The number of halogens is 2. The summed E-state index contributed by atoms with van der Waals surface area (Å²) in [6, 6.07) is 16.5. The quantitative estimate of drug-likeness (QED) is 0.324. The lowest BCUT2D eigenvalue weighted by atomic mass is 10.1. The lowest BCUT2D eigenvalue weighted by molar-refractivity contribution is 0.625. The predicted molar refractivity (Wildman–Crippen MR) is 115 cm³/mol. The molecule has 1 aromatic heterocycles. The Kier molecular flexibility index (Phi) is 8.18. The van der Waals surface area contributed by atoms with Crippen LogP contribution in [-0.4, -0.2) is 34.3 Å². The van der Waals surface area contributed by atoms with E-state index in [1.165, 1.54) is 6.07 Å². The van der Waals surface area contributed by atoms with Gasteiger partial charge in [0.25, 0.3) is 0 Å². The number of rotatable bonds is 6. The number of nitrogens with zero attached hydrogens (tertiary/aromatic N) is 4. The molecule has 0 spiro atoms. The van der Waals surface area contributed by atoms with Crippen LogP contribution in [-0.2, 0) is 13.0 Å². The van der Waals surface area contributed by atoms with Crippen LogP contribution in [0.25, 0.3) is 5.69 Å². The summed E-state index contributed by atoms with van der Waals surface area (Å²) in [5.41, 5.74) is 1.94. The first-order chi connectivity index (χ1) is 12.8. The van der Waals surface area contributed by atoms with Gasteiger partial charge in [0.05, 0.1) is 6.54 Å². The number of para-hydroxylation sites is 1. The Morgan fingerprint density at radius 1 is 1.11 bits per heavy atom. The molecule has 0 saturated heterocycles. The molecule has 2 N–H and O–H groups in total. The Morgan fingerprint density at radius 2 is 1.93 bits per heavy atom. The fourth-order valence-electron chi connectivity index (χ4n) is 2.58. The molecule has 0 radical (unpaired) electrons. The molecule has 6 nitrogen and oxygen atoms in total. The Balaban J connectivity index is 0.00000261. The predicted octanol–water partition coefficient (Wildman–Crippen LogP) is 2.93. The Morgan fingerprint density at radius 3 is 2.67 bits per heavy atom. The topological polar surface area (TPSA) is 67.1 Å². The summed E-state index contributed by atoms with van der Waals surface area (Å²) in [6.07, 6.45) is 2.39. The van der Waals surface area contributed by atoms with E-state index in [0.717, 1.165) is 17.1 Å². The van der Waals surface area contributed by atoms with Gasteiger partial charge in [-0.1, -0.05) is 30.3 Å². The summed E-state index contributed by atoms with van der Waals surface area (Å²) in [4.78, 5) is 4.20. The second-order valence-electron chi connectivity index (χ2n) is 5.69. The number of hydrogen-bond donors (Lipinski definition) is 2. The van der Waals surface area contributed by atoms with Gasteiger partial charge in [-0.3, -0.25) is 9.56 Å². The molecule has 0 amide bonds. The second kappa shape index (κ2) is 10.6. The van der Waals surface area contributed by atoms with Crippen molar-refractivity contribution >= 4 is 29.9 Å². The number of benzene rings is 2. The van der Waals surface area contributed by atoms with Crippen molar-refractivity contribution in [2.75, 3.05) is 13.6 Å². The molecule has 0 aliphatic carbocycles. The van der Waals surface area contributed by atoms with Crippen LogP contribution in [0.1, 0.15) is 11.4 Å². The maximum absolute atomic E-state index is 13.2. The standard InChI is InChI=1S/C19H21FN6.HI/c1-21-19(22-11-10-15-6-5-7-16(20)12-15)23-13-18-25-24-14-26(18)17-8-3-2-4-9-17;/h2-9,12,14H,10-11,13H2,1H3,(H2,21,22,23);1H. The first-order valence-corrected chi connectivity index (χ1v) is 8.39. The van der Waals surface area contributed by atoms with Gasteiger partial charge in [-0.2, -0.15) is 0 Å². The van der Waals surface area contributed by atoms with Gasteiger partial charge in [0.2, 0.25) is 0 Å². The van der Waals surface area contributed by atoms with Gasteiger partial charge >= 0.3 is 0 Å². The van der Waals surface area contributed by atoms with Gasteiger partial charge in [-0.05, 0) is 36.2 Å². The van der Waals surface area contributed by atoms with E-state index in [0.29, 0.717) is 25.5 Å². The van der Waals surface area contributed by atoms with Gasteiger partial charge in [-0.25, -0.2) is 4.39 Å². The average Bonchev–Trinajstić information content (AvgIpc) is 3.14. The maximum atomic E-state index is 13.2. The zero-order valence-corrected chi connectivity index (χ0v) is 17.3. The van der Waals surface area contributed by atoms with Crippen LogP contribution in [0, 0.1) is 5.82 Å². The molecule has 0 bridgehead atoms. The second-order valence-corrected chi connectivity index (χ2v) is 5.69. The van der Waals surface area contributed by atoms with Crippen molar-refractivity contribution < 1.29 is 4.39 Å². The van der Waals surface area contributed by atoms with Crippen LogP contribution in [0.2, 0.25) is 0 Å². The summed E-state index contributed by atoms with van der Waals surface area (Å²) in [7, 11) is 1.71. The molecule has 8 heteroatoms. The summed E-state index contributed by atoms with van der Waals surface area (Å²) < 4.78 is 15.1. The van der Waals surface area contributed by atoms with Crippen molar-refractivity contribution in [3.8, 4) is 5.69 Å². The van der Waals surface area contributed by atoms with Crippen LogP contribution in [0.15, 0.2) is 65.9 Å². The monoisotopic (exact) mass is 480 g/mol. The van der Waals surface area contributed by atoms with Crippen molar-refractivity contribution in [3.05, 3.63) is 78.1 Å². The van der Waals surface area contributed by atoms with Gasteiger partial charge in [0.1, 0.15) is 12.1 Å². The molecule has 0 fully saturated rings. The minimum atomic E-state index is -0.217. The van der Waals surface area contributed by atoms with E-state index < -0.39 is 0 Å². The number of guanidine groups is 1. The first-order valence-electron chi connectivity index (χ1n) is 8.39. The SMILES string of the molecule is CN=C(NCCc1cccc(F)c1)NCc1nncn1-c1ccccc1.I. The van der Waals surface area contributed by atoms with E-state index in [9.17, 15) is 4.39 Å². The molecule has 2 aromatic carbocycles. The zero-order valence-electron chi connectivity index (χ0n) is 15.0. The van der Waals surface area contributed by atoms with Crippen molar-refractivity contribution in [3.63, 3.8) is 0 Å². The first kappa shape index (κ1) is 20.8. The van der Waals surface area contributed by atoms with Gasteiger partial charge in [0, 0.05) is 19.3 Å². The highest BCUT2D eigenvalue weighted by atomic mass is 127. The Labute approximate surface area is 175 Å². The zero-order chi connectivity index (χ0) is 18.2. The molecule has 0 saturated carbocycles. The third-order valence-electron chi connectivity index (χ3n) is 3.89. The van der Waals surface area contributed by atoms with E-state index >= 15 is 0 Å². The summed E-state index contributed by atoms with van der Waals surface area (Å²) in [5.74, 6) is 1.22. The number of aromatic nitrogens is 3. The van der Waals surface area contributed by atoms with Crippen molar-refractivity contribution in [2.24, 2.45) is 4.99 Å². The molecule has 27 heavy (non-hydrogen) atoms. The molecular weight excluding hydrogens is 458 g/mol. The molecule has 142 valence electrons. The normalized spacial score (nSPS) is 11.0. The van der Waals surface area contributed by atoms with E-state index in [1.54, 1.807) is 25.5 Å². The molecular formula is C19H22FIN6. The van der Waals surface area contributed by atoms with E-state index in [1.807, 2.05) is 41.0 Å². The van der Waals surface area contributed by atoms with Gasteiger partial charge in [0.15, 0.2) is 11.8 Å². The number of nitrogens with one attached hydrogen (secondary N) is 2. The van der Waals surface area contributed by atoms with Crippen molar-refractivity contribution in [2.45, 2.75) is 13.0 Å². The molecule has 3 aromatic rings. The number of hydrogen-bond acceptors (Lipinski definition) is 3. The molecule has 0 unspecified atom stereocenters. The smallest absolute Gasteiger partial charge is 0.191 e. The Bertz CT molecular complexity index is 865. The average molecular weight is 480 g/mol. The third kappa shape index (κ3) is 6.02. The van der Waals surface area contributed by atoms with Gasteiger partial charge in [-0.15, -0.1) is 34.2 Å². The fourth-order valence-corrected chi connectivity index (χ4v) is 2.58. The largest absolute Gasteiger partial charge is 0.356 e. The molecule has 0 aliphatic rings. The fraction of sp³-hybridized carbons (Fsp3) is 0.211. The summed E-state index contributed by atoms with van der Waals surface area (Å²) in [5, 5.41) is 14.6. The van der Waals surface area contributed by atoms with E-state index in [4.69, 9.17) is 0 Å². The van der Waals surface area contributed by atoms with Crippen molar-refractivity contribution in [1.29, 1.82) is 0 Å². The highest BCUT2D eigenvalue weighted by molar-refractivity contribution is 14.0. The van der Waals surface area contributed by atoms with Crippen LogP contribution in [0.5, 0.6) is 0 Å².